The van der Waals surface area contributed by atoms with Crippen molar-refractivity contribution in [1.82, 2.24) is 25.5 Å². The first-order valence-corrected chi connectivity index (χ1v) is 6.60. The number of carbonyl (C=O) groups excluding carboxylic acids is 2. The first kappa shape index (κ1) is 14.4. The molecule has 0 radical (unpaired) electrons. The van der Waals surface area contributed by atoms with E-state index in [1.807, 2.05) is 0 Å². The van der Waals surface area contributed by atoms with Crippen molar-refractivity contribution in [3.63, 3.8) is 0 Å². The molecule has 1 saturated heterocycles. The van der Waals surface area contributed by atoms with Crippen molar-refractivity contribution in [3.8, 4) is 0 Å². The Morgan fingerprint density at radius 1 is 1.40 bits per heavy atom. The second kappa shape index (κ2) is 5.96. The van der Waals surface area contributed by atoms with Gasteiger partial charge in [-0.1, -0.05) is 0 Å². The molecule has 0 aromatic carbocycles. The van der Waals surface area contributed by atoms with E-state index < -0.39 is 5.54 Å². The van der Waals surface area contributed by atoms with Gasteiger partial charge in [0.1, 0.15) is 0 Å². The number of likely N-dealkylation sites (N-methyl/N-ethyl adjacent to an activating group) is 2. The van der Waals surface area contributed by atoms with Crippen LogP contribution in [0.1, 0.15) is 18.5 Å². The molecule has 0 bridgehead atoms. The highest BCUT2D eigenvalue weighted by molar-refractivity contribution is 5.93. The van der Waals surface area contributed by atoms with E-state index in [4.69, 9.17) is 0 Å². The lowest BCUT2D eigenvalue weighted by Crippen LogP contribution is -2.56. The highest BCUT2D eigenvalue weighted by Crippen LogP contribution is 2.37. The maximum Gasteiger partial charge on any atom is 0.252 e. The van der Waals surface area contributed by atoms with Gasteiger partial charge in [0.15, 0.2) is 5.54 Å². The fourth-order valence-electron chi connectivity index (χ4n) is 2.74. The van der Waals surface area contributed by atoms with Crippen LogP contribution in [0.4, 0.5) is 0 Å². The zero-order valence-corrected chi connectivity index (χ0v) is 11.7. The average Bonchev–Trinajstić information content (AvgIpc) is 2.93. The Balaban J connectivity index is 2.46. The summed E-state index contributed by atoms with van der Waals surface area (Å²) in [6.07, 6.45) is 5.97. The van der Waals surface area contributed by atoms with Crippen LogP contribution < -0.4 is 10.6 Å². The van der Waals surface area contributed by atoms with Gasteiger partial charge in [-0.3, -0.25) is 19.6 Å². The van der Waals surface area contributed by atoms with Crippen molar-refractivity contribution in [2.24, 2.45) is 0 Å². The largest absolute Gasteiger partial charge is 0.357 e. The maximum atomic E-state index is 12.5. The molecule has 2 heterocycles. The smallest absolute Gasteiger partial charge is 0.252 e. The quantitative estimate of drug-likeness (QED) is 0.757. The van der Waals surface area contributed by atoms with Crippen molar-refractivity contribution in [2.75, 3.05) is 27.2 Å². The van der Waals surface area contributed by atoms with Crippen LogP contribution in [0.2, 0.25) is 0 Å². The lowest BCUT2D eigenvalue weighted by atomic mass is 9.90. The molecule has 0 aliphatic carbocycles. The average molecular weight is 277 g/mol. The van der Waals surface area contributed by atoms with E-state index in [0.29, 0.717) is 18.7 Å². The number of carbonyl (C=O) groups is 2. The zero-order chi connectivity index (χ0) is 14.6. The van der Waals surface area contributed by atoms with E-state index in [1.54, 1.807) is 37.6 Å². The summed E-state index contributed by atoms with van der Waals surface area (Å²) >= 11 is 0. The molecule has 1 aliphatic rings. The van der Waals surface area contributed by atoms with Gasteiger partial charge in [0, 0.05) is 26.0 Å². The van der Waals surface area contributed by atoms with E-state index in [2.05, 4.69) is 20.6 Å². The minimum absolute atomic E-state index is 0.112. The molecular formula is C13H19N5O2. The molecule has 2 rings (SSSR count). The van der Waals surface area contributed by atoms with Crippen LogP contribution in [0.3, 0.4) is 0 Å². The molecule has 1 aromatic rings. The number of nitrogens with zero attached hydrogens (tertiary/aromatic N) is 3. The van der Waals surface area contributed by atoms with Crippen molar-refractivity contribution >= 4 is 11.8 Å². The Labute approximate surface area is 117 Å². The van der Waals surface area contributed by atoms with Crippen LogP contribution >= 0.6 is 0 Å². The topological polar surface area (TPSA) is 87.2 Å². The van der Waals surface area contributed by atoms with Gasteiger partial charge in [0.05, 0.1) is 18.4 Å². The van der Waals surface area contributed by atoms with Crippen LogP contribution in [0.25, 0.3) is 0 Å². The Morgan fingerprint density at radius 3 is 2.80 bits per heavy atom. The van der Waals surface area contributed by atoms with Crippen LogP contribution in [0.5, 0.6) is 0 Å². The van der Waals surface area contributed by atoms with Crippen molar-refractivity contribution in [1.29, 1.82) is 0 Å². The van der Waals surface area contributed by atoms with Crippen LogP contribution in [0.15, 0.2) is 18.6 Å². The fourth-order valence-corrected chi connectivity index (χ4v) is 2.74. The fraction of sp³-hybridized carbons (Fsp3) is 0.538. The molecule has 0 saturated carbocycles. The predicted octanol–water partition coefficient (Wildman–Crippen LogP) is -0.740. The van der Waals surface area contributed by atoms with Crippen LogP contribution in [-0.4, -0.2) is 53.9 Å². The third-order valence-electron chi connectivity index (χ3n) is 3.60. The van der Waals surface area contributed by atoms with Crippen molar-refractivity contribution < 1.29 is 9.59 Å². The van der Waals surface area contributed by atoms with E-state index in [1.165, 1.54) is 0 Å². The summed E-state index contributed by atoms with van der Waals surface area (Å²) in [5.41, 5.74) is -0.530. The molecule has 1 atom stereocenters. The molecule has 2 N–H and O–H groups in total. The third-order valence-corrected chi connectivity index (χ3v) is 3.60. The van der Waals surface area contributed by atoms with E-state index >= 15 is 0 Å². The SMILES string of the molecule is CNCC(=O)N1CCCC1(C(=O)NC)c1cnccn1. The number of rotatable bonds is 4. The first-order valence-electron chi connectivity index (χ1n) is 6.60. The summed E-state index contributed by atoms with van der Waals surface area (Å²) in [4.78, 5) is 34.6. The number of hydrogen-bond acceptors (Lipinski definition) is 5. The number of nitrogens with one attached hydrogen (secondary N) is 2. The standard InChI is InChI=1S/C13H19N5O2/c1-14-9-11(19)18-7-3-4-13(18,12(20)15-2)10-8-16-5-6-17-10/h5-6,8,14H,3-4,7,9H2,1-2H3,(H,15,20). The van der Waals surface area contributed by atoms with Crippen molar-refractivity contribution in [3.05, 3.63) is 24.3 Å². The van der Waals surface area contributed by atoms with Crippen LogP contribution in [0, 0.1) is 0 Å². The molecule has 7 nitrogen and oxygen atoms in total. The Kier molecular flexibility index (Phi) is 4.29. The molecule has 2 amide bonds. The molecule has 20 heavy (non-hydrogen) atoms. The van der Waals surface area contributed by atoms with Gasteiger partial charge >= 0.3 is 0 Å². The van der Waals surface area contributed by atoms with Gasteiger partial charge in [-0.05, 0) is 19.9 Å². The monoisotopic (exact) mass is 277 g/mol. The molecule has 1 aliphatic heterocycles. The second-order valence-corrected chi connectivity index (χ2v) is 4.71. The van der Waals surface area contributed by atoms with Gasteiger partial charge in [0.25, 0.3) is 5.91 Å². The zero-order valence-electron chi connectivity index (χ0n) is 11.7. The van der Waals surface area contributed by atoms with Gasteiger partial charge in [-0.2, -0.15) is 0 Å². The van der Waals surface area contributed by atoms with E-state index in [0.717, 1.165) is 6.42 Å². The van der Waals surface area contributed by atoms with Gasteiger partial charge in [0.2, 0.25) is 5.91 Å². The number of likely N-dealkylation sites (tertiary alicyclic amines) is 1. The summed E-state index contributed by atoms with van der Waals surface area (Å²) in [5, 5.41) is 5.48. The lowest BCUT2D eigenvalue weighted by Gasteiger charge is -2.36. The van der Waals surface area contributed by atoms with Crippen LogP contribution in [-0.2, 0) is 15.1 Å². The molecule has 0 spiro atoms. The molecule has 1 unspecified atom stereocenters. The van der Waals surface area contributed by atoms with E-state index in [9.17, 15) is 9.59 Å². The first-order chi connectivity index (χ1) is 9.66. The summed E-state index contributed by atoms with van der Waals surface area (Å²) in [6, 6.07) is 0. The van der Waals surface area contributed by atoms with Gasteiger partial charge < -0.3 is 15.5 Å². The molecule has 1 aromatic heterocycles. The molecule has 1 fully saturated rings. The maximum absolute atomic E-state index is 12.5. The highest BCUT2D eigenvalue weighted by Gasteiger charge is 2.51. The van der Waals surface area contributed by atoms with E-state index in [-0.39, 0.29) is 18.4 Å². The third kappa shape index (κ3) is 2.24. The van der Waals surface area contributed by atoms with Gasteiger partial charge in [-0.25, -0.2) is 0 Å². The Hall–Kier alpha value is -2.02. The van der Waals surface area contributed by atoms with Gasteiger partial charge in [-0.15, -0.1) is 0 Å². The summed E-state index contributed by atoms with van der Waals surface area (Å²) in [7, 11) is 3.28. The Bertz CT molecular complexity index is 493. The molecule has 7 heteroatoms. The highest BCUT2D eigenvalue weighted by atomic mass is 16.2. The second-order valence-electron chi connectivity index (χ2n) is 4.71. The van der Waals surface area contributed by atoms with Crippen molar-refractivity contribution in [2.45, 2.75) is 18.4 Å². The lowest BCUT2D eigenvalue weighted by molar-refractivity contribution is -0.145. The summed E-state index contributed by atoms with van der Waals surface area (Å²) < 4.78 is 0. The minimum atomic E-state index is -1.04. The normalized spacial score (nSPS) is 21.8. The molecule has 108 valence electrons. The summed E-state index contributed by atoms with van der Waals surface area (Å²) in [5.74, 6) is -0.334. The predicted molar refractivity (Wildman–Crippen MR) is 72.7 cm³/mol. The number of aromatic nitrogens is 2. The molecular weight excluding hydrogens is 258 g/mol. The number of amides is 2. The minimum Gasteiger partial charge on any atom is -0.357 e. The Morgan fingerprint density at radius 2 is 2.20 bits per heavy atom. The summed E-state index contributed by atoms with van der Waals surface area (Å²) in [6.45, 7) is 0.740. The number of hydrogen-bond donors (Lipinski definition) is 2.